The first-order valence-corrected chi connectivity index (χ1v) is 5.93. The van der Waals surface area contributed by atoms with E-state index in [2.05, 4.69) is 10.3 Å². The lowest BCUT2D eigenvalue weighted by Crippen LogP contribution is -2.42. The fourth-order valence-electron chi connectivity index (χ4n) is 1.61. The van der Waals surface area contributed by atoms with E-state index in [9.17, 15) is 9.90 Å². The van der Waals surface area contributed by atoms with Gasteiger partial charge in [0.1, 0.15) is 5.15 Å². The summed E-state index contributed by atoms with van der Waals surface area (Å²) in [5.74, 6) is -0.478. The molecular formula is C10H11Cl2N3O3. The number of amides is 1. The normalized spacial score (nSPS) is 23.1. The molecule has 8 heteroatoms. The number of hydrogen-bond donors (Lipinski definition) is 3. The second-order valence-electron chi connectivity index (χ2n) is 3.88. The number of ether oxygens (including phenoxy) is 1. The summed E-state index contributed by atoms with van der Waals surface area (Å²) in [4.78, 5) is 15.7. The molecule has 0 aliphatic carbocycles. The lowest BCUT2D eigenvalue weighted by atomic mass is 10.1. The van der Waals surface area contributed by atoms with Gasteiger partial charge < -0.3 is 20.9 Å². The third kappa shape index (κ3) is 2.67. The fraction of sp³-hybridized carbons (Fsp3) is 0.400. The van der Waals surface area contributed by atoms with Crippen molar-refractivity contribution in [3.63, 3.8) is 0 Å². The number of aromatic nitrogens is 1. The molecular weight excluding hydrogens is 281 g/mol. The van der Waals surface area contributed by atoms with Gasteiger partial charge in [-0.15, -0.1) is 0 Å². The highest BCUT2D eigenvalue weighted by Crippen LogP contribution is 2.24. The highest BCUT2D eigenvalue weighted by molar-refractivity contribution is 6.35. The molecule has 0 saturated carbocycles. The number of hydrogen-bond acceptors (Lipinski definition) is 5. The number of carbonyl (C=O) groups is 1. The van der Waals surface area contributed by atoms with Crippen LogP contribution >= 0.6 is 23.2 Å². The van der Waals surface area contributed by atoms with E-state index in [1.807, 2.05) is 0 Å². The predicted octanol–water partition coefficient (Wildman–Crippen LogP) is 0.460. The van der Waals surface area contributed by atoms with Crippen molar-refractivity contribution in [2.45, 2.75) is 12.1 Å². The van der Waals surface area contributed by atoms with Crippen LogP contribution in [-0.4, -0.2) is 41.4 Å². The van der Waals surface area contributed by atoms with Gasteiger partial charge in [-0.3, -0.25) is 4.79 Å². The average Bonchev–Trinajstić information content (AvgIpc) is 2.69. The quantitative estimate of drug-likeness (QED) is 0.688. The van der Waals surface area contributed by atoms with Gasteiger partial charge in [-0.2, -0.15) is 0 Å². The minimum Gasteiger partial charge on any atom is -0.396 e. The Morgan fingerprint density at radius 1 is 1.56 bits per heavy atom. The topological polar surface area (TPSA) is 97.5 Å². The Balaban J connectivity index is 2.18. The van der Waals surface area contributed by atoms with E-state index in [0.29, 0.717) is 0 Å². The molecule has 98 valence electrons. The molecule has 2 rings (SSSR count). The van der Waals surface area contributed by atoms with Crippen molar-refractivity contribution in [2.75, 3.05) is 18.9 Å². The average molecular weight is 292 g/mol. The Labute approximate surface area is 113 Å². The summed E-state index contributed by atoms with van der Waals surface area (Å²) in [6.45, 7) is 0.442. The third-order valence-corrected chi connectivity index (χ3v) is 3.07. The van der Waals surface area contributed by atoms with Gasteiger partial charge in [-0.25, -0.2) is 4.98 Å². The Hall–Kier alpha value is -1.08. The summed E-state index contributed by atoms with van der Waals surface area (Å²) in [5, 5.41) is 12.2. The van der Waals surface area contributed by atoms with Gasteiger partial charge in [0.25, 0.3) is 5.91 Å². The van der Waals surface area contributed by atoms with Gasteiger partial charge in [-0.1, -0.05) is 23.2 Å². The van der Waals surface area contributed by atoms with E-state index in [1.165, 1.54) is 6.07 Å². The first-order valence-electron chi connectivity index (χ1n) is 5.17. The number of nitrogens with zero attached hydrogens (tertiary/aromatic N) is 1. The van der Waals surface area contributed by atoms with Crippen molar-refractivity contribution < 1.29 is 14.6 Å². The number of nitrogens with one attached hydrogen (secondary N) is 1. The van der Waals surface area contributed by atoms with E-state index >= 15 is 0 Å². The Kier molecular flexibility index (Phi) is 3.91. The van der Waals surface area contributed by atoms with E-state index in [-0.39, 0.29) is 34.8 Å². The van der Waals surface area contributed by atoms with E-state index in [0.717, 1.165) is 0 Å². The lowest BCUT2D eigenvalue weighted by molar-refractivity contribution is 0.0887. The second-order valence-corrected chi connectivity index (χ2v) is 4.63. The van der Waals surface area contributed by atoms with Gasteiger partial charge in [0.05, 0.1) is 36.6 Å². The maximum Gasteiger partial charge on any atom is 0.253 e. The van der Waals surface area contributed by atoms with Crippen molar-refractivity contribution in [2.24, 2.45) is 0 Å². The van der Waals surface area contributed by atoms with Crippen molar-refractivity contribution in [3.8, 4) is 0 Å². The summed E-state index contributed by atoms with van der Waals surface area (Å²) >= 11 is 11.4. The van der Waals surface area contributed by atoms with Crippen LogP contribution in [0.2, 0.25) is 10.3 Å². The molecule has 1 aliphatic rings. The Morgan fingerprint density at radius 2 is 2.28 bits per heavy atom. The molecule has 0 radical (unpaired) electrons. The maximum absolute atomic E-state index is 12.0. The fourth-order valence-corrected chi connectivity index (χ4v) is 2.04. The van der Waals surface area contributed by atoms with Crippen LogP contribution in [0, 0.1) is 0 Å². The van der Waals surface area contributed by atoms with Gasteiger partial charge in [0.15, 0.2) is 5.15 Å². The van der Waals surface area contributed by atoms with Gasteiger partial charge >= 0.3 is 0 Å². The SMILES string of the molecule is Nc1c(C(=O)N[C@@H]2COC[C@H]2O)cc(Cl)nc1Cl. The number of nitrogens with two attached hydrogens (primary N) is 1. The number of anilines is 1. The van der Waals surface area contributed by atoms with Gasteiger partial charge in [0.2, 0.25) is 0 Å². The van der Waals surface area contributed by atoms with Crippen LogP contribution in [0.1, 0.15) is 10.4 Å². The van der Waals surface area contributed by atoms with Crippen LogP contribution in [0.15, 0.2) is 6.07 Å². The van der Waals surface area contributed by atoms with Crippen LogP contribution in [0.3, 0.4) is 0 Å². The second kappa shape index (κ2) is 5.27. The standard InChI is InChI=1S/C10H11Cl2N3O3/c11-7-1-4(8(13)9(12)15-7)10(17)14-5-2-18-3-6(5)16/h1,5-6,16H,2-3,13H2,(H,14,17)/t5-,6-/m1/s1. The molecule has 2 atom stereocenters. The van der Waals surface area contributed by atoms with Gasteiger partial charge in [-0.05, 0) is 6.07 Å². The molecule has 0 aromatic carbocycles. The zero-order valence-corrected chi connectivity index (χ0v) is 10.7. The summed E-state index contributed by atoms with van der Waals surface area (Å²) < 4.78 is 5.02. The highest BCUT2D eigenvalue weighted by atomic mass is 35.5. The summed E-state index contributed by atoms with van der Waals surface area (Å²) in [6.07, 6.45) is -0.733. The predicted molar refractivity (Wildman–Crippen MR) is 66.7 cm³/mol. The first-order chi connectivity index (χ1) is 8.49. The monoisotopic (exact) mass is 291 g/mol. The van der Waals surface area contributed by atoms with Crippen LogP contribution in [0.25, 0.3) is 0 Å². The molecule has 0 unspecified atom stereocenters. The first kappa shape index (κ1) is 13.4. The molecule has 18 heavy (non-hydrogen) atoms. The Bertz CT molecular complexity index is 484. The van der Waals surface area contributed by atoms with E-state index < -0.39 is 18.1 Å². The van der Waals surface area contributed by atoms with Crippen molar-refractivity contribution in [1.29, 1.82) is 0 Å². The molecule has 1 aliphatic heterocycles. The number of pyridine rings is 1. The van der Waals surface area contributed by atoms with Crippen LogP contribution in [-0.2, 0) is 4.74 Å². The number of nitrogen functional groups attached to an aromatic ring is 1. The van der Waals surface area contributed by atoms with E-state index in [4.69, 9.17) is 33.7 Å². The van der Waals surface area contributed by atoms with Crippen LogP contribution < -0.4 is 11.1 Å². The zero-order chi connectivity index (χ0) is 13.3. The molecule has 1 aromatic rings. The molecule has 0 spiro atoms. The summed E-state index contributed by atoms with van der Waals surface area (Å²) in [6, 6.07) is 0.850. The highest BCUT2D eigenvalue weighted by Gasteiger charge is 2.28. The third-order valence-electron chi connectivity index (χ3n) is 2.59. The van der Waals surface area contributed by atoms with E-state index in [1.54, 1.807) is 0 Å². The molecule has 1 amide bonds. The molecule has 6 nitrogen and oxygen atoms in total. The lowest BCUT2D eigenvalue weighted by Gasteiger charge is -2.15. The van der Waals surface area contributed by atoms with Crippen LogP contribution in [0.4, 0.5) is 5.69 Å². The number of aliphatic hydroxyl groups excluding tert-OH is 1. The molecule has 1 aromatic heterocycles. The van der Waals surface area contributed by atoms with Crippen LogP contribution in [0.5, 0.6) is 0 Å². The number of aliphatic hydroxyl groups is 1. The van der Waals surface area contributed by atoms with Crippen molar-refractivity contribution >= 4 is 34.8 Å². The number of halogens is 2. The number of carbonyl (C=O) groups excluding carboxylic acids is 1. The molecule has 4 N–H and O–H groups in total. The number of rotatable bonds is 2. The molecule has 0 bridgehead atoms. The van der Waals surface area contributed by atoms with Crippen molar-refractivity contribution in [3.05, 3.63) is 21.9 Å². The summed E-state index contributed by atoms with van der Waals surface area (Å²) in [5.41, 5.74) is 5.83. The largest absolute Gasteiger partial charge is 0.396 e. The zero-order valence-electron chi connectivity index (χ0n) is 9.19. The summed E-state index contributed by atoms with van der Waals surface area (Å²) in [7, 11) is 0. The minimum atomic E-state index is -0.733. The maximum atomic E-state index is 12.0. The molecule has 1 fully saturated rings. The molecule has 1 saturated heterocycles. The Morgan fingerprint density at radius 3 is 2.89 bits per heavy atom. The smallest absolute Gasteiger partial charge is 0.253 e. The minimum absolute atomic E-state index is 0.0316. The van der Waals surface area contributed by atoms with Crippen molar-refractivity contribution in [1.82, 2.24) is 10.3 Å². The molecule has 2 heterocycles. The van der Waals surface area contributed by atoms with Gasteiger partial charge in [0, 0.05) is 0 Å².